The number of nitrogens with one attached hydrogen (secondary N) is 1. The number of hydrogen-bond donors (Lipinski definition) is 4. The molecular weight excluding hydrogens is 587 g/mol. The first-order valence-electron chi connectivity index (χ1n) is 12.5. The Hall–Kier alpha value is -4.18. The molecule has 15 heteroatoms. The third-order valence-corrected chi connectivity index (χ3v) is 5.49. The second kappa shape index (κ2) is 13.7. The van der Waals surface area contributed by atoms with Crippen molar-refractivity contribution in [2.75, 3.05) is 18.2 Å². The van der Waals surface area contributed by atoms with Gasteiger partial charge < -0.3 is 10.7 Å². The summed E-state index contributed by atoms with van der Waals surface area (Å²) in [4.78, 5) is 17.4. The van der Waals surface area contributed by atoms with Crippen molar-refractivity contribution in [3.05, 3.63) is 72.5 Å². The molecule has 0 aliphatic heterocycles. The molecule has 0 radical (unpaired) electrons. The van der Waals surface area contributed by atoms with E-state index in [1.165, 1.54) is 6.07 Å². The molecule has 3 heterocycles. The number of unbranched alkanes of at least 4 members (excludes halogenated alkanes) is 1. The third kappa shape index (κ3) is 9.44. The van der Waals surface area contributed by atoms with Gasteiger partial charge in [0.25, 0.3) is 20.2 Å². The van der Waals surface area contributed by atoms with Gasteiger partial charge in [-0.15, -0.1) is 0 Å². The Bertz CT molecular complexity index is 1830. The molecule has 0 aliphatic carbocycles. The highest BCUT2D eigenvalue weighted by atomic mass is 32.2. The van der Waals surface area contributed by atoms with E-state index in [4.69, 9.17) is 24.8 Å². The largest absolute Gasteiger partial charge is 0.369 e. The molecule has 0 bridgehead atoms. The standard InChI is InChI=1S/C25H23FN6.2CH4O3S/c1-2-3-15-32-24-20(29-25(32)27)14-13-19(28-24)22-21(16-9-5-4-6-10-16)30-23(31-22)17-11-7-8-12-18(17)26;2*1-5(2,3)4/h4-14H,2-3,15H2,1H3,(H2,27,29)(H,30,31);2*1H3,(H,2,3,4). The first-order chi connectivity index (χ1) is 19.7. The number of fused-ring (bicyclic) bond motifs is 1. The molecule has 224 valence electrons. The van der Waals surface area contributed by atoms with Crippen LogP contribution in [-0.4, -0.2) is 63.0 Å². The number of halogens is 1. The predicted octanol–water partition coefficient (Wildman–Crippen LogP) is 4.68. The fourth-order valence-corrected chi connectivity index (χ4v) is 3.84. The molecule has 0 spiro atoms. The van der Waals surface area contributed by atoms with Crippen LogP contribution in [0.5, 0.6) is 0 Å². The van der Waals surface area contributed by atoms with Gasteiger partial charge in [-0.1, -0.05) is 55.8 Å². The zero-order valence-electron chi connectivity index (χ0n) is 23.1. The monoisotopic (exact) mass is 618 g/mol. The van der Waals surface area contributed by atoms with E-state index in [0.29, 0.717) is 41.2 Å². The number of imidazole rings is 2. The zero-order chi connectivity index (χ0) is 31.1. The number of anilines is 1. The summed E-state index contributed by atoms with van der Waals surface area (Å²) in [5.41, 5.74) is 11.1. The number of hydrogen-bond acceptors (Lipinski definition) is 8. The summed E-state index contributed by atoms with van der Waals surface area (Å²) in [6, 6.07) is 20.2. The lowest BCUT2D eigenvalue weighted by atomic mass is 10.1. The third-order valence-electron chi connectivity index (χ3n) is 5.49. The summed E-state index contributed by atoms with van der Waals surface area (Å²) in [6.07, 6.45) is 3.46. The lowest BCUT2D eigenvalue weighted by Crippen LogP contribution is -2.04. The molecule has 5 rings (SSSR count). The lowest BCUT2D eigenvalue weighted by Gasteiger charge is -2.06. The fraction of sp³-hybridized carbons (Fsp3) is 0.222. The number of aromatic amines is 1. The SMILES string of the molecule is CCCCn1c(N)nc2ccc(-c3[nH]c(-c4ccccc4F)nc3-c3ccccc3)nc21.CS(=O)(=O)O.CS(=O)(=O)O. The Labute approximate surface area is 243 Å². The Morgan fingerprint density at radius 1 is 0.881 bits per heavy atom. The van der Waals surface area contributed by atoms with Gasteiger partial charge in [-0.2, -0.15) is 16.8 Å². The maximum atomic E-state index is 14.5. The summed E-state index contributed by atoms with van der Waals surface area (Å²) >= 11 is 0. The molecule has 0 saturated carbocycles. The minimum Gasteiger partial charge on any atom is -0.369 e. The normalized spacial score (nSPS) is 11.4. The quantitative estimate of drug-likeness (QED) is 0.194. The van der Waals surface area contributed by atoms with Crippen LogP contribution in [0.4, 0.5) is 10.3 Å². The molecule has 12 nitrogen and oxygen atoms in total. The van der Waals surface area contributed by atoms with Crippen LogP contribution >= 0.6 is 0 Å². The van der Waals surface area contributed by atoms with Crippen molar-refractivity contribution >= 4 is 37.3 Å². The van der Waals surface area contributed by atoms with E-state index in [1.54, 1.807) is 18.2 Å². The van der Waals surface area contributed by atoms with Crippen LogP contribution in [0.1, 0.15) is 19.8 Å². The highest BCUT2D eigenvalue weighted by Gasteiger charge is 2.19. The molecule has 3 aromatic heterocycles. The number of nitrogens with zero attached hydrogens (tertiary/aromatic N) is 4. The van der Waals surface area contributed by atoms with Gasteiger partial charge in [-0.3, -0.25) is 13.7 Å². The number of nitrogen functional groups attached to an aromatic ring is 1. The van der Waals surface area contributed by atoms with Crippen molar-refractivity contribution in [3.63, 3.8) is 0 Å². The Kier molecular flexibility index (Phi) is 10.5. The van der Waals surface area contributed by atoms with Gasteiger partial charge in [-0.25, -0.2) is 19.3 Å². The minimum absolute atomic E-state index is 0.332. The van der Waals surface area contributed by atoms with Gasteiger partial charge in [-0.05, 0) is 30.7 Å². The maximum absolute atomic E-state index is 14.5. The van der Waals surface area contributed by atoms with E-state index in [-0.39, 0.29) is 5.82 Å². The van der Waals surface area contributed by atoms with Crippen LogP contribution in [0.3, 0.4) is 0 Å². The topological polar surface area (TPSA) is 194 Å². The first kappa shape index (κ1) is 32.3. The van der Waals surface area contributed by atoms with Crippen LogP contribution in [0, 0.1) is 5.82 Å². The number of benzene rings is 2. The van der Waals surface area contributed by atoms with Gasteiger partial charge in [0.1, 0.15) is 17.2 Å². The Morgan fingerprint density at radius 3 is 2.07 bits per heavy atom. The number of pyridine rings is 1. The summed E-state index contributed by atoms with van der Waals surface area (Å²) in [5.74, 6) is 0.581. The number of aryl methyl sites for hydroxylation is 1. The summed E-state index contributed by atoms with van der Waals surface area (Å²) in [7, 11) is -7.33. The second-order valence-electron chi connectivity index (χ2n) is 9.14. The van der Waals surface area contributed by atoms with Crippen LogP contribution < -0.4 is 5.73 Å². The highest BCUT2D eigenvalue weighted by molar-refractivity contribution is 7.85. The van der Waals surface area contributed by atoms with Crippen LogP contribution in [0.15, 0.2) is 66.7 Å². The average Bonchev–Trinajstić information content (AvgIpc) is 3.47. The second-order valence-corrected chi connectivity index (χ2v) is 12.1. The van der Waals surface area contributed by atoms with Gasteiger partial charge in [0.2, 0.25) is 5.95 Å². The van der Waals surface area contributed by atoms with E-state index in [1.807, 2.05) is 47.0 Å². The number of aromatic nitrogens is 5. The van der Waals surface area contributed by atoms with Crippen molar-refractivity contribution in [1.82, 2.24) is 24.5 Å². The van der Waals surface area contributed by atoms with E-state index in [0.717, 1.165) is 41.8 Å². The minimum atomic E-state index is -3.67. The van der Waals surface area contributed by atoms with Gasteiger partial charge in [0, 0.05) is 12.1 Å². The van der Waals surface area contributed by atoms with E-state index < -0.39 is 20.2 Å². The summed E-state index contributed by atoms with van der Waals surface area (Å²) in [6.45, 7) is 2.89. The van der Waals surface area contributed by atoms with Crippen molar-refractivity contribution < 1.29 is 30.3 Å². The first-order valence-corrected chi connectivity index (χ1v) is 16.2. The molecule has 0 aliphatic rings. The van der Waals surface area contributed by atoms with Crippen molar-refractivity contribution in [2.24, 2.45) is 0 Å². The van der Waals surface area contributed by atoms with E-state index in [2.05, 4.69) is 16.9 Å². The summed E-state index contributed by atoms with van der Waals surface area (Å²) in [5, 5.41) is 0. The molecule has 0 unspecified atom stereocenters. The molecular formula is C27H31FN6O6S2. The van der Waals surface area contributed by atoms with E-state index in [9.17, 15) is 21.2 Å². The summed E-state index contributed by atoms with van der Waals surface area (Å²) < 4.78 is 68.2. The Morgan fingerprint density at radius 2 is 1.48 bits per heavy atom. The molecule has 5 N–H and O–H groups in total. The van der Waals surface area contributed by atoms with Gasteiger partial charge in [0.15, 0.2) is 5.65 Å². The number of nitrogens with two attached hydrogens (primary N) is 1. The van der Waals surface area contributed by atoms with Crippen LogP contribution in [0.25, 0.3) is 45.2 Å². The van der Waals surface area contributed by atoms with Gasteiger partial charge >= 0.3 is 0 Å². The van der Waals surface area contributed by atoms with Crippen LogP contribution in [-0.2, 0) is 26.8 Å². The molecule has 2 aromatic carbocycles. The molecule has 0 fully saturated rings. The van der Waals surface area contributed by atoms with Crippen molar-refractivity contribution in [2.45, 2.75) is 26.3 Å². The van der Waals surface area contributed by atoms with E-state index >= 15 is 0 Å². The van der Waals surface area contributed by atoms with Crippen molar-refractivity contribution in [3.8, 4) is 34.0 Å². The average molecular weight is 619 g/mol. The predicted molar refractivity (Wildman–Crippen MR) is 160 cm³/mol. The molecule has 42 heavy (non-hydrogen) atoms. The molecule has 0 saturated heterocycles. The highest BCUT2D eigenvalue weighted by Crippen LogP contribution is 2.33. The van der Waals surface area contributed by atoms with Crippen LogP contribution in [0.2, 0.25) is 0 Å². The van der Waals surface area contributed by atoms with Crippen molar-refractivity contribution in [1.29, 1.82) is 0 Å². The fourth-order valence-electron chi connectivity index (χ4n) is 3.84. The molecule has 0 atom stereocenters. The number of rotatable bonds is 6. The zero-order valence-corrected chi connectivity index (χ0v) is 24.7. The number of H-pyrrole nitrogens is 1. The molecule has 0 amide bonds. The van der Waals surface area contributed by atoms with Gasteiger partial charge in [0.05, 0.1) is 35.2 Å². The lowest BCUT2D eigenvalue weighted by molar-refractivity contribution is 0.488. The molecule has 5 aromatic rings. The maximum Gasteiger partial charge on any atom is 0.261 e. The Balaban J connectivity index is 0.000000420. The smallest absolute Gasteiger partial charge is 0.261 e.